The summed E-state index contributed by atoms with van der Waals surface area (Å²) >= 11 is 0. The molecule has 0 aliphatic rings. The lowest BCUT2D eigenvalue weighted by molar-refractivity contribution is 0.185. The molecule has 0 saturated carbocycles. The first kappa shape index (κ1) is 14.5. The van der Waals surface area contributed by atoms with Crippen molar-refractivity contribution in [3.05, 3.63) is 51.9 Å². The molecule has 2 aromatic rings. The average Bonchev–Trinajstić information content (AvgIpc) is 2.38. The van der Waals surface area contributed by atoms with Crippen molar-refractivity contribution in [2.75, 3.05) is 7.11 Å². The van der Waals surface area contributed by atoms with Gasteiger partial charge in [-0.3, -0.25) is 4.79 Å². The normalized spacial score (nSPS) is 11.6. The molecule has 106 valence electrons. The SMILES string of the molecule is COCc1ccccc1-c1nc(C(C)(C)C)cc(=O)[nH]1. The van der Waals surface area contributed by atoms with Gasteiger partial charge in [0.1, 0.15) is 5.82 Å². The molecule has 0 unspecified atom stereocenters. The van der Waals surface area contributed by atoms with Gasteiger partial charge >= 0.3 is 0 Å². The van der Waals surface area contributed by atoms with E-state index in [0.29, 0.717) is 12.4 Å². The average molecular weight is 272 g/mol. The summed E-state index contributed by atoms with van der Waals surface area (Å²) in [5.74, 6) is 0.593. The first-order chi connectivity index (χ1) is 9.41. The van der Waals surface area contributed by atoms with Crippen LogP contribution >= 0.6 is 0 Å². The quantitative estimate of drug-likeness (QED) is 0.934. The summed E-state index contributed by atoms with van der Waals surface area (Å²) < 4.78 is 5.20. The second-order valence-electron chi connectivity index (χ2n) is 5.82. The van der Waals surface area contributed by atoms with Gasteiger partial charge in [0.15, 0.2) is 0 Å². The predicted molar refractivity (Wildman–Crippen MR) is 79.7 cm³/mol. The van der Waals surface area contributed by atoms with Gasteiger partial charge in [0.2, 0.25) is 0 Å². The molecule has 1 N–H and O–H groups in total. The minimum atomic E-state index is -0.167. The van der Waals surface area contributed by atoms with Crippen molar-refractivity contribution in [2.24, 2.45) is 0 Å². The Labute approximate surface area is 118 Å². The van der Waals surface area contributed by atoms with Crippen LogP contribution in [0.4, 0.5) is 0 Å². The van der Waals surface area contributed by atoms with Crippen LogP contribution in [0.2, 0.25) is 0 Å². The third kappa shape index (κ3) is 3.14. The maximum absolute atomic E-state index is 11.9. The highest BCUT2D eigenvalue weighted by Gasteiger charge is 2.18. The number of nitrogens with zero attached hydrogens (tertiary/aromatic N) is 1. The number of nitrogens with one attached hydrogen (secondary N) is 1. The highest BCUT2D eigenvalue weighted by Crippen LogP contribution is 2.24. The van der Waals surface area contributed by atoms with Crippen molar-refractivity contribution in [3.63, 3.8) is 0 Å². The van der Waals surface area contributed by atoms with Gasteiger partial charge in [-0.25, -0.2) is 4.98 Å². The first-order valence-corrected chi connectivity index (χ1v) is 6.61. The van der Waals surface area contributed by atoms with E-state index in [4.69, 9.17) is 4.74 Å². The molecule has 2 rings (SSSR count). The Bertz CT molecular complexity index is 654. The van der Waals surface area contributed by atoms with Crippen molar-refractivity contribution in [1.29, 1.82) is 0 Å². The predicted octanol–water partition coefficient (Wildman–Crippen LogP) is 2.88. The summed E-state index contributed by atoms with van der Waals surface area (Å²) in [5, 5.41) is 0. The van der Waals surface area contributed by atoms with Gasteiger partial charge in [0, 0.05) is 24.2 Å². The first-order valence-electron chi connectivity index (χ1n) is 6.61. The Hall–Kier alpha value is -1.94. The van der Waals surface area contributed by atoms with Gasteiger partial charge in [-0.15, -0.1) is 0 Å². The van der Waals surface area contributed by atoms with Gasteiger partial charge in [-0.2, -0.15) is 0 Å². The molecule has 4 nitrogen and oxygen atoms in total. The van der Waals surface area contributed by atoms with Crippen LogP contribution in [0.1, 0.15) is 32.0 Å². The lowest BCUT2D eigenvalue weighted by atomic mass is 9.92. The summed E-state index contributed by atoms with van der Waals surface area (Å²) in [4.78, 5) is 19.3. The Kier molecular flexibility index (Phi) is 4.04. The third-order valence-corrected chi connectivity index (χ3v) is 3.08. The maximum atomic E-state index is 11.9. The van der Waals surface area contributed by atoms with E-state index in [0.717, 1.165) is 16.8 Å². The second kappa shape index (κ2) is 5.59. The van der Waals surface area contributed by atoms with Crippen LogP contribution in [0, 0.1) is 0 Å². The number of H-pyrrole nitrogens is 1. The standard InChI is InChI=1S/C16H20N2O2/c1-16(2,3)13-9-14(19)18-15(17-13)12-8-6-5-7-11(12)10-20-4/h5-9H,10H2,1-4H3,(H,17,18,19). The Balaban J connectivity index is 2.59. The van der Waals surface area contributed by atoms with E-state index in [1.165, 1.54) is 0 Å². The zero-order valence-electron chi connectivity index (χ0n) is 12.4. The van der Waals surface area contributed by atoms with Crippen LogP contribution in [0.25, 0.3) is 11.4 Å². The lowest BCUT2D eigenvalue weighted by Crippen LogP contribution is -2.20. The fourth-order valence-electron chi connectivity index (χ4n) is 2.00. The lowest BCUT2D eigenvalue weighted by Gasteiger charge is -2.18. The Morgan fingerprint density at radius 3 is 2.60 bits per heavy atom. The molecule has 1 heterocycles. The molecule has 0 saturated heterocycles. The van der Waals surface area contributed by atoms with Crippen LogP contribution in [0.15, 0.2) is 35.1 Å². The number of aromatic nitrogens is 2. The Morgan fingerprint density at radius 2 is 1.95 bits per heavy atom. The van der Waals surface area contributed by atoms with Gasteiger partial charge in [0.25, 0.3) is 5.56 Å². The van der Waals surface area contributed by atoms with Crippen molar-refractivity contribution in [3.8, 4) is 11.4 Å². The number of ether oxygens (including phenoxy) is 1. The van der Waals surface area contributed by atoms with E-state index < -0.39 is 0 Å². The van der Waals surface area contributed by atoms with Crippen molar-refractivity contribution in [2.45, 2.75) is 32.8 Å². The largest absolute Gasteiger partial charge is 0.380 e. The monoisotopic (exact) mass is 272 g/mol. The van der Waals surface area contributed by atoms with Gasteiger partial charge in [0.05, 0.1) is 12.3 Å². The number of rotatable bonds is 3. The van der Waals surface area contributed by atoms with Gasteiger partial charge < -0.3 is 9.72 Å². The van der Waals surface area contributed by atoms with E-state index in [9.17, 15) is 4.79 Å². The van der Waals surface area contributed by atoms with Crippen molar-refractivity contribution < 1.29 is 4.74 Å². The number of aromatic amines is 1. The summed E-state index contributed by atoms with van der Waals surface area (Å²) in [5.41, 5.74) is 2.39. The molecule has 4 heteroatoms. The van der Waals surface area contributed by atoms with Crippen molar-refractivity contribution in [1.82, 2.24) is 9.97 Å². The molecule has 0 spiro atoms. The minimum absolute atomic E-state index is 0.132. The topological polar surface area (TPSA) is 55.0 Å². The molecule has 0 aliphatic heterocycles. The van der Waals surface area contributed by atoms with E-state index >= 15 is 0 Å². The van der Waals surface area contributed by atoms with E-state index in [1.807, 2.05) is 45.0 Å². The summed E-state index contributed by atoms with van der Waals surface area (Å²) in [6.07, 6.45) is 0. The number of hydrogen-bond donors (Lipinski definition) is 1. The molecular formula is C16H20N2O2. The van der Waals surface area contributed by atoms with Crippen LogP contribution in [-0.4, -0.2) is 17.1 Å². The third-order valence-electron chi connectivity index (χ3n) is 3.08. The number of benzene rings is 1. The molecule has 0 radical (unpaired) electrons. The van der Waals surface area contributed by atoms with Crippen LogP contribution in [-0.2, 0) is 16.8 Å². The highest BCUT2D eigenvalue weighted by atomic mass is 16.5. The van der Waals surface area contributed by atoms with Crippen molar-refractivity contribution >= 4 is 0 Å². The zero-order chi connectivity index (χ0) is 14.8. The van der Waals surface area contributed by atoms with E-state index in [-0.39, 0.29) is 11.0 Å². The maximum Gasteiger partial charge on any atom is 0.251 e. The zero-order valence-corrected chi connectivity index (χ0v) is 12.4. The second-order valence-corrected chi connectivity index (χ2v) is 5.82. The van der Waals surface area contributed by atoms with Crippen LogP contribution in [0.5, 0.6) is 0 Å². The van der Waals surface area contributed by atoms with Crippen LogP contribution < -0.4 is 5.56 Å². The smallest absolute Gasteiger partial charge is 0.251 e. The number of hydrogen-bond acceptors (Lipinski definition) is 3. The summed E-state index contributed by atoms with van der Waals surface area (Å²) in [6, 6.07) is 9.35. The molecule has 20 heavy (non-hydrogen) atoms. The Morgan fingerprint density at radius 1 is 1.25 bits per heavy atom. The molecule has 1 aromatic carbocycles. The van der Waals surface area contributed by atoms with Crippen LogP contribution in [0.3, 0.4) is 0 Å². The number of methoxy groups -OCH3 is 1. The molecule has 0 atom stereocenters. The highest BCUT2D eigenvalue weighted by molar-refractivity contribution is 5.60. The van der Waals surface area contributed by atoms with E-state index in [2.05, 4.69) is 9.97 Å². The molecular weight excluding hydrogens is 252 g/mol. The molecule has 0 amide bonds. The fourth-order valence-corrected chi connectivity index (χ4v) is 2.00. The minimum Gasteiger partial charge on any atom is -0.380 e. The van der Waals surface area contributed by atoms with Gasteiger partial charge in [-0.1, -0.05) is 45.0 Å². The van der Waals surface area contributed by atoms with E-state index in [1.54, 1.807) is 13.2 Å². The molecule has 0 aliphatic carbocycles. The summed E-state index contributed by atoms with van der Waals surface area (Å²) in [7, 11) is 1.65. The van der Waals surface area contributed by atoms with Gasteiger partial charge in [-0.05, 0) is 5.56 Å². The molecule has 0 fully saturated rings. The summed E-state index contributed by atoms with van der Waals surface area (Å²) in [6.45, 7) is 6.61. The molecule has 0 bridgehead atoms. The fraction of sp³-hybridized carbons (Fsp3) is 0.375. The molecule has 1 aromatic heterocycles.